The van der Waals surface area contributed by atoms with E-state index in [0.29, 0.717) is 10.8 Å². The molecule has 3 nitrogen and oxygen atoms in total. The number of thioether (sulfide) groups is 1. The number of halogens is 1. The zero-order valence-corrected chi connectivity index (χ0v) is 10.2. The van der Waals surface area contributed by atoms with Gasteiger partial charge < -0.3 is 10.2 Å². The highest BCUT2D eigenvalue weighted by Crippen LogP contribution is 2.16. The number of aliphatic hydroxyl groups is 1. The molecule has 2 N–H and O–H groups in total. The van der Waals surface area contributed by atoms with Gasteiger partial charge in [0.05, 0.1) is 12.5 Å². The summed E-state index contributed by atoms with van der Waals surface area (Å²) in [4.78, 5) is 10.3. The molecular formula is C11H13ClO3S. The van der Waals surface area contributed by atoms with Crippen LogP contribution in [0.1, 0.15) is 12.0 Å². The van der Waals surface area contributed by atoms with Crippen molar-refractivity contribution < 1.29 is 15.0 Å². The van der Waals surface area contributed by atoms with Crippen molar-refractivity contribution in [3.05, 3.63) is 34.9 Å². The third-order valence-corrected chi connectivity index (χ3v) is 3.31. The number of rotatable bonds is 6. The van der Waals surface area contributed by atoms with Crippen molar-refractivity contribution in [2.75, 3.05) is 5.75 Å². The van der Waals surface area contributed by atoms with Crippen LogP contribution < -0.4 is 0 Å². The highest BCUT2D eigenvalue weighted by molar-refractivity contribution is 7.98. The Labute approximate surface area is 103 Å². The summed E-state index contributed by atoms with van der Waals surface area (Å²) >= 11 is 7.25. The van der Waals surface area contributed by atoms with Crippen molar-refractivity contribution in [2.45, 2.75) is 18.3 Å². The second-order valence-electron chi connectivity index (χ2n) is 3.39. The molecule has 0 radical (unpaired) electrons. The van der Waals surface area contributed by atoms with E-state index in [2.05, 4.69) is 0 Å². The second kappa shape index (κ2) is 6.78. The largest absolute Gasteiger partial charge is 0.481 e. The molecule has 1 rings (SSSR count). The fourth-order valence-corrected chi connectivity index (χ4v) is 2.22. The van der Waals surface area contributed by atoms with Gasteiger partial charge in [-0.2, -0.15) is 11.8 Å². The number of hydrogen-bond donors (Lipinski definition) is 2. The molecule has 0 aliphatic carbocycles. The third-order valence-electron chi connectivity index (χ3n) is 1.90. The van der Waals surface area contributed by atoms with Crippen LogP contribution >= 0.6 is 23.4 Å². The summed E-state index contributed by atoms with van der Waals surface area (Å²) in [5, 5.41) is 18.5. The van der Waals surface area contributed by atoms with Crippen molar-refractivity contribution >= 4 is 29.3 Å². The summed E-state index contributed by atoms with van der Waals surface area (Å²) in [5.74, 6) is 0.197. The molecule has 0 saturated heterocycles. The van der Waals surface area contributed by atoms with Crippen molar-refractivity contribution in [1.82, 2.24) is 0 Å². The number of carboxylic acids is 1. The van der Waals surface area contributed by atoms with Crippen LogP contribution in [0.4, 0.5) is 0 Å². The molecule has 0 aliphatic rings. The van der Waals surface area contributed by atoms with Crippen LogP contribution in [-0.2, 0) is 10.5 Å². The molecule has 0 aliphatic heterocycles. The van der Waals surface area contributed by atoms with E-state index in [9.17, 15) is 9.90 Å². The first-order chi connectivity index (χ1) is 7.58. The smallest absolute Gasteiger partial charge is 0.306 e. The molecule has 88 valence electrons. The average Bonchev–Trinajstić information content (AvgIpc) is 2.20. The average molecular weight is 261 g/mol. The monoisotopic (exact) mass is 260 g/mol. The molecule has 0 amide bonds. The lowest BCUT2D eigenvalue weighted by Gasteiger charge is -2.07. The van der Waals surface area contributed by atoms with Gasteiger partial charge in [0.15, 0.2) is 0 Å². The van der Waals surface area contributed by atoms with Gasteiger partial charge in [-0.1, -0.05) is 23.7 Å². The van der Waals surface area contributed by atoms with Gasteiger partial charge in [-0.05, 0) is 17.7 Å². The Morgan fingerprint density at radius 1 is 1.38 bits per heavy atom. The first kappa shape index (κ1) is 13.4. The Hall–Kier alpha value is -0.710. The van der Waals surface area contributed by atoms with Gasteiger partial charge in [-0.25, -0.2) is 0 Å². The molecule has 1 aromatic carbocycles. The highest BCUT2D eigenvalue weighted by Gasteiger charge is 2.09. The minimum Gasteiger partial charge on any atom is -0.481 e. The maximum atomic E-state index is 10.3. The summed E-state index contributed by atoms with van der Waals surface area (Å²) in [6.45, 7) is 0. The third kappa shape index (κ3) is 5.39. The summed E-state index contributed by atoms with van der Waals surface area (Å²) in [6.07, 6.45) is -0.983. The van der Waals surface area contributed by atoms with Gasteiger partial charge in [0.1, 0.15) is 0 Å². The first-order valence-corrected chi connectivity index (χ1v) is 6.33. The maximum Gasteiger partial charge on any atom is 0.306 e. The van der Waals surface area contributed by atoms with Crippen molar-refractivity contribution in [3.8, 4) is 0 Å². The van der Waals surface area contributed by atoms with Crippen molar-refractivity contribution in [2.24, 2.45) is 0 Å². The molecule has 0 spiro atoms. The molecule has 0 heterocycles. The summed E-state index contributed by atoms with van der Waals surface area (Å²) in [5.41, 5.74) is 1.11. The zero-order valence-electron chi connectivity index (χ0n) is 8.60. The van der Waals surface area contributed by atoms with E-state index in [1.807, 2.05) is 24.3 Å². The van der Waals surface area contributed by atoms with Gasteiger partial charge in [-0.15, -0.1) is 0 Å². The van der Waals surface area contributed by atoms with Gasteiger partial charge in [-0.3, -0.25) is 4.79 Å². The Morgan fingerprint density at radius 2 is 2.00 bits per heavy atom. The molecule has 1 aromatic rings. The molecule has 0 bridgehead atoms. The number of carboxylic acid groups (broad SMARTS) is 1. The minimum absolute atomic E-state index is 0.201. The topological polar surface area (TPSA) is 57.5 Å². The van der Waals surface area contributed by atoms with E-state index in [1.165, 1.54) is 11.8 Å². The van der Waals surface area contributed by atoms with Gasteiger partial charge in [0.2, 0.25) is 0 Å². The van der Waals surface area contributed by atoms with E-state index in [-0.39, 0.29) is 6.42 Å². The summed E-state index contributed by atoms with van der Waals surface area (Å²) < 4.78 is 0. The second-order valence-corrected chi connectivity index (χ2v) is 4.86. The number of benzene rings is 1. The minimum atomic E-state index is -0.973. The van der Waals surface area contributed by atoms with Gasteiger partial charge in [0.25, 0.3) is 0 Å². The molecule has 0 aromatic heterocycles. The predicted molar refractivity (Wildman–Crippen MR) is 65.9 cm³/mol. The van der Waals surface area contributed by atoms with Crippen LogP contribution in [0.2, 0.25) is 5.02 Å². The van der Waals surface area contributed by atoms with Crippen LogP contribution in [0.25, 0.3) is 0 Å². The van der Waals surface area contributed by atoms with Gasteiger partial charge >= 0.3 is 5.97 Å². The molecule has 0 fully saturated rings. The van der Waals surface area contributed by atoms with Crippen LogP contribution in [-0.4, -0.2) is 28.0 Å². The van der Waals surface area contributed by atoms with E-state index in [0.717, 1.165) is 11.3 Å². The highest BCUT2D eigenvalue weighted by atomic mass is 35.5. The van der Waals surface area contributed by atoms with E-state index in [1.54, 1.807) is 0 Å². The first-order valence-electron chi connectivity index (χ1n) is 4.80. The van der Waals surface area contributed by atoms with Crippen molar-refractivity contribution in [3.63, 3.8) is 0 Å². The quantitative estimate of drug-likeness (QED) is 0.825. The standard InChI is InChI=1S/C11H13ClO3S/c12-9-3-1-8(2-4-9)6-16-7-10(13)5-11(14)15/h1-4,10,13H,5-7H2,(H,14,15). The van der Waals surface area contributed by atoms with E-state index in [4.69, 9.17) is 16.7 Å². The molecule has 0 saturated carbocycles. The molecule has 1 unspecified atom stereocenters. The molecule has 16 heavy (non-hydrogen) atoms. The Kier molecular flexibility index (Phi) is 5.66. The SMILES string of the molecule is O=C(O)CC(O)CSCc1ccc(Cl)cc1. The summed E-state index contributed by atoms with van der Waals surface area (Å²) in [7, 11) is 0. The Morgan fingerprint density at radius 3 is 2.56 bits per heavy atom. The molecule has 5 heteroatoms. The van der Waals surface area contributed by atoms with Crippen LogP contribution in [0, 0.1) is 0 Å². The lowest BCUT2D eigenvalue weighted by molar-refractivity contribution is -0.138. The number of carbonyl (C=O) groups is 1. The Bertz CT molecular complexity index is 340. The van der Waals surface area contributed by atoms with E-state index < -0.39 is 12.1 Å². The fraction of sp³-hybridized carbons (Fsp3) is 0.364. The lowest BCUT2D eigenvalue weighted by Crippen LogP contribution is -2.15. The van der Waals surface area contributed by atoms with Crippen molar-refractivity contribution in [1.29, 1.82) is 0 Å². The van der Waals surface area contributed by atoms with Gasteiger partial charge in [0, 0.05) is 16.5 Å². The van der Waals surface area contributed by atoms with Crippen LogP contribution in [0.15, 0.2) is 24.3 Å². The normalized spacial score (nSPS) is 12.4. The van der Waals surface area contributed by atoms with E-state index >= 15 is 0 Å². The molecular weight excluding hydrogens is 248 g/mol. The number of aliphatic carboxylic acids is 1. The molecule has 1 atom stereocenters. The zero-order chi connectivity index (χ0) is 12.0. The Balaban J connectivity index is 2.25. The van der Waals surface area contributed by atoms with Crippen LogP contribution in [0.5, 0.6) is 0 Å². The number of aliphatic hydroxyl groups excluding tert-OH is 1. The summed E-state index contributed by atoms with van der Waals surface area (Å²) in [6, 6.07) is 7.45. The number of hydrogen-bond acceptors (Lipinski definition) is 3. The lowest BCUT2D eigenvalue weighted by atomic mass is 10.2. The predicted octanol–water partition coefficient (Wildman–Crippen LogP) is 2.41. The maximum absolute atomic E-state index is 10.3. The van der Waals surface area contributed by atoms with Crippen LogP contribution in [0.3, 0.4) is 0 Å². The fourth-order valence-electron chi connectivity index (χ4n) is 1.15.